The zero-order valence-electron chi connectivity index (χ0n) is 11.1. The van der Waals surface area contributed by atoms with Crippen LogP contribution in [0.4, 0.5) is 5.69 Å². The van der Waals surface area contributed by atoms with Crippen molar-refractivity contribution in [2.45, 2.75) is 6.42 Å². The van der Waals surface area contributed by atoms with Crippen molar-refractivity contribution in [3.63, 3.8) is 0 Å². The van der Waals surface area contributed by atoms with Gasteiger partial charge in [-0.25, -0.2) is 0 Å². The molecule has 0 radical (unpaired) electrons. The Kier molecular flexibility index (Phi) is 4.20. The first-order valence-corrected chi connectivity index (χ1v) is 6.28. The minimum absolute atomic E-state index is 0.191. The second kappa shape index (κ2) is 5.87. The van der Waals surface area contributed by atoms with Crippen LogP contribution in [0.25, 0.3) is 0 Å². The van der Waals surface area contributed by atoms with Gasteiger partial charge in [-0.1, -0.05) is 12.1 Å². The molecule has 1 aliphatic heterocycles. The smallest absolute Gasteiger partial charge is 0.227 e. The molecule has 98 valence electrons. The summed E-state index contributed by atoms with van der Waals surface area (Å²) in [5.74, 6) is 0.191. The zero-order valence-corrected chi connectivity index (χ0v) is 11.1. The largest absolute Gasteiger partial charge is 0.378 e. The lowest BCUT2D eigenvalue weighted by atomic mass is 10.1. The van der Waals surface area contributed by atoms with Gasteiger partial charge in [-0.2, -0.15) is 0 Å². The van der Waals surface area contributed by atoms with Gasteiger partial charge in [0.15, 0.2) is 0 Å². The number of amides is 1. The number of ether oxygens (including phenoxy) is 1. The van der Waals surface area contributed by atoms with Crippen molar-refractivity contribution in [2.24, 2.45) is 0 Å². The van der Waals surface area contributed by atoms with Crippen LogP contribution in [0.5, 0.6) is 0 Å². The van der Waals surface area contributed by atoms with E-state index in [4.69, 9.17) is 4.74 Å². The van der Waals surface area contributed by atoms with Crippen LogP contribution in [0.15, 0.2) is 24.3 Å². The average Bonchev–Trinajstić information content (AvgIpc) is 2.40. The van der Waals surface area contributed by atoms with Gasteiger partial charge in [0.2, 0.25) is 5.91 Å². The maximum Gasteiger partial charge on any atom is 0.227 e. The highest BCUT2D eigenvalue weighted by Gasteiger charge is 2.16. The quantitative estimate of drug-likeness (QED) is 0.804. The molecule has 0 spiro atoms. The summed E-state index contributed by atoms with van der Waals surface area (Å²) in [5, 5.41) is 0. The number of hydrogen-bond acceptors (Lipinski definition) is 3. The van der Waals surface area contributed by atoms with Crippen LogP contribution in [-0.4, -0.2) is 51.2 Å². The van der Waals surface area contributed by atoms with E-state index in [9.17, 15) is 4.79 Å². The van der Waals surface area contributed by atoms with Crippen molar-refractivity contribution >= 4 is 11.6 Å². The van der Waals surface area contributed by atoms with E-state index in [0.717, 1.165) is 11.3 Å². The standard InChI is InChI=1S/C14H20N2O2/c1-15(2)13-5-3-12(4-6-13)11-14(17)16-7-9-18-10-8-16/h3-6H,7-11H2,1-2H3. The van der Waals surface area contributed by atoms with Gasteiger partial charge in [-0.15, -0.1) is 0 Å². The van der Waals surface area contributed by atoms with Crippen molar-refractivity contribution in [3.05, 3.63) is 29.8 Å². The van der Waals surface area contributed by atoms with Gasteiger partial charge in [0, 0.05) is 32.9 Å². The second-order valence-corrected chi connectivity index (χ2v) is 4.73. The predicted molar refractivity (Wildman–Crippen MR) is 71.9 cm³/mol. The topological polar surface area (TPSA) is 32.8 Å². The summed E-state index contributed by atoms with van der Waals surface area (Å²) < 4.78 is 5.24. The van der Waals surface area contributed by atoms with E-state index in [-0.39, 0.29) is 5.91 Å². The van der Waals surface area contributed by atoms with Crippen LogP contribution in [0, 0.1) is 0 Å². The van der Waals surface area contributed by atoms with Crippen LogP contribution >= 0.6 is 0 Å². The van der Waals surface area contributed by atoms with E-state index in [0.29, 0.717) is 32.7 Å². The summed E-state index contributed by atoms with van der Waals surface area (Å²) in [6.45, 7) is 2.75. The molecule has 0 N–H and O–H groups in total. The Morgan fingerprint density at radius 1 is 1.22 bits per heavy atom. The zero-order chi connectivity index (χ0) is 13.0. The molecule has 1 fully saturated rings. The Morgan fingerprint density at radius 2 is 1.83 bits per heavy atom. The SMILES string of the molecule is CN(C)c1ccc(CC(=O)N2CCOCC2)cc1. The van der Waals surface area contributed by atoms with Gasteiger partial charge in [0.1, 0.15) is 0 Å². The third-order valence-corrected chi connectivity index (χ3v) is 3.17. The lowest BCUT2D eigenvalue weighted by Crippen LogP contribution is -2.41. The third kappa shape index (κ3) is 3.23. The van der Waals surface area contributed by atoms with Crippen molar-refractivity contribution in [3.8, 4) is 0 Å². The monoisotopic (exact) mass is 248 g/mol. The molecular weight excluding hydrogens is 228 g/mol. The molecule has 1 amide bonds. The molecule has 4 heteroatoms. The molecule has 0 aliphatic carbocycles. The van der Waals surface area contributed by atoms with Gasteiger partial charge >= 0.3 is 0 Å². The maximum absolute atomic E-state index is 12.0. The van der Waals surface area contributed by atoms with Crippen molar-refractivity contribution < 1.29 is 9.53 Å². The highest BCUT2D eigenvalue weighted by molar-refractivity contribution is 5.79. The first-order valence-electron chi connectivity index (χ1n) is 6.28. The number of anilines is 1. The number of nitrogens with zero attached hydrogens (tertiary/aromatic N) is 2. The van der Waals surface area contributed by atoms with E-state index in [1.807, 2.05) is 48.2 Å². The Labute approximate surface area is 108 Å². The summed E-state index contributed by atoms with van der Waals surface area (Å²) in [5.41, 5.74) is 2.22. The van der Waals surface area contributed by atoms with Gasteiger partial charge in [0.05, 0.1) is 19.6 Å². The van der Waals surface area contributed by atoms with E-state index in [2.05, 4.69) is 0 Å². The molecule has 0 aromatic heterocycles. The van der Waals surface area contributed by atoms with Crippen molar-refractivity contribution in [1.82, 2.24) is 4.90 Å². The Hall–Kier alpha value is -1.55. The van der Waals surface area contributed by atoms with E-state index in [1.165, 1.54) is 0 Å². The van der Waals surface area contributed by atoms with E-state index >= 15 is 0 Å². The lowest BCUT2D eigenvalue weighted by Gasteiger charge is -2.27. The maximum atomic E-state index is 12.0. The molecule has 0 atom stereocenters. The molecule has 1 heterocycles. The summed E-state index contributed by atoms with van der Waals surface area (Å²) in [7, 11) is 4.02. The molecule has 1 aromatic carbocycles. The first-order chi connectivity index (χ1) is 8.66. The molecule has 2 rings (SSSR count). The highest BCUT2D eigenvalue weighted by atomic mass is 16.5. The van der Waals surface area contributed by atoms with Crippen molar-refractivity contribution in [1.29, 1.82) is 0 Å². The molecule has 1 saturated heterocycles. The number of morpholine rings is 1. The first kappa shape index (κ1) is 12.9. The lowest BCUT2D eigenvalue weighted by molar-refractivity contribution is -0.134. The fraction of sp³-hybridized carbons (Fsp3) is 0.500. The molecule has 1 aromatic rings. The molecule has 0 unspecified atom stereocenters. The number of carbonyl (C=O) groups excluding carboxylic acids is 1. The van der Waals surface area contributed by atoms with Gasteiger partial charge in [-0.3, -0.25) is 4.79 Å². The highest BCUT2D eigenvalue weighted by Crippen LogP contribution is 2.13. The minimum atomic E-state index is 0.191. The fourth-order valence-corrected chi connectivity index (χ4v) is 2.01. The third-order valence-electron chi connectivity index (χ3n) is 3.17. The van der Waals surface area contributed by atoms with Crippen LogP contribution in [0.2, 0.25) is 0 Å². The van der Waals surface area contributed by atoms with Crippen LogP contribution < -0.4 is 4.90 Å². The normalized spacial score (nSPS) is 15.6. The number of carbonyl (C=O) groups is 1. The summed E-state index contributed by atoms with van der Waals surface area (Å²) in [6.07, 6.45) is 0.480. The summed E-state index contributed by atoms with van der Waals surface area (Å²) >= 11 is 0. The minimum Gasteiger partial charge on any atom is -0.378 e. The molecule has 4 nitrogen and oxygen atoms in total. The van der Waals surface area contributed by atoms with E-state index in [1.54, 1.807) is 0 Å². The summed E-state index contributed by atoms with van der Waals surface area (Å²) in [6, 6.07) is 8.13. The van der Waals surface area contributed by atoms with Gasteiger partial charge in [-0.05, 0) is 17.7 Å². The average molecular weight is 248 g/mol. The van der Waals surface area contributed by atoms with Gasteiger partial charge in [0.25, 0.3) is 0 Å². The summed E-state index contributed by atoms with van der Waals surface area (Å²) in [4.78, 5) is 16.0. The van der Waals surface area contributed by atoms with Crippen LogP contribution in [0.1, 0.15) is 5.56 Å². The van der Waals surface area contributed by atoms with Crippen molar-refractivity contribution in [2.75, 3.05) is 45.3 Å². The van der Waals surface area contributed by atoms with Crippen LogP contribution in [-0.2, 0) is 16.0 Å². The van der Waals surface area contributed by atoms with E-state index < -0.39 is 0 Å². The Bertz CT molecular complexity index is 395. The number of hydrogen-bond donors (Lipinski definition) is 0. The molecule has 18 heavy (non-hydrogen) atoms. The molecule has 0 saturated carbocycles. The molecule has 0 bridgehead atoms. The molecular formula is C14H20N2O2. The van der Waals surface area contributed by atoms with Crippen LogP contribution in [0.3, 0.4) is 0 Å². The fourth-order valence-electron chi connectivity index (χ4n) is 2.01. The number of benzene rings is 1. The Morgan fingerprint density at radius 3 is 2.39 bits per heavy atom. The second-order valence-electron chi connectivity index (χ2n) is 4.73. The van der Waals surface area contributed by atoms with Gasteiger partial charge < -0.3 is 14.5 Å². The Balaban J connectivity index is 1.94. The predicted octanol–water partition coefficient (Wildman–Crippen LogP) is 1.15. The molecule has 1 aliphatic rings. The number of rotatable bonds is 3.